The highest BCUT2D eigenvalue weighted by molar-refractivity contribution is 9.08. The summed E-state index contributed by atoms with van der Waals surface area (Å²) in [7, 11) is 0. The van der Waals surface area contributed by atoms with Gasteiger partial charge in [0.15, 0.2) is 0 Å². The van der Waals surface area contributed by atoms with Gasteiger partial charge in [-0.15, -0.1) is 0 Å². The third kappa shape index (κ3) is 5.31. The molecule has 0 saturated heterocycles. The van der Waals surface area contributed by atoms with Crippen molar-refractivity contribution in [2.45, 2.75) is 32.4 Å². The van der Waals surface area contributed by atoms with Crippen LogP contribution in [0.4, 0.5) is 0 Å². The minimum atomic E-state index is -0.319. The fourth-order valence-corrected chi connectivity index (χ4v) is 1.78. The van der Waals surface area contributed by atoms with E-state index in [-0.39, 0.29) is 25.2 Å². The van der Waals surface area contributed by atoms with E-state index in [1.807, 2.05) is 18.2 Å². The summed E-state index contributed by atoms with van der Waals surface area (Å²) in [6.45, 7) is 3.19. The number of esters is 2. The molecule has 0 spiro atoms. The van der Waals surface area contributed by atoms with Crippen molar-refractivity contribution in [1.29, 1.82) is 0 Å². The molecule has 1 aromatic rings. The molecule has 0 unspecified atom stereocenters. The quantitative estimate of drug-likeness (QED) is 0.619. The predicted molar refractivity (Wildman–Crippen MR) is 70.0 cm³/mol. The molecule has 5 heteroatoms. The topological polar surface area (TPSA) is 52.6 Å². The van der Waals surface area contributed by atoms with E-state index >= 15 is 0 Å². The van der Waals surface area contributed by atoms with Crippen LogP contribution in [0.2, 0.25) is 0 Å². The van der Waals surface area contributed by atoms with Gasteiger partial charge in [-0.3, -0.25) is 9.59 Å². The van der Waals surface area contributed by atoms with Gasteiger partial charge in [0.2, 0.25) is 0 Å². The highest BCUT2D eigenvalue weighted by atomic mass is 79.9. The molecule has 0 aliphatic heterocycles. The maximum atomic E-state index is 10.8. The lowest BCUT2D eigenvalue weighted by molar-refractivity contribution is -0.142. The Balaban J connectivity index is 2.80. The first-order chi connectivity index (χ1) is 8.51. The molecular formula is C13H15BrO4. The van der Waals surface area contributed by atoms with E-state index in [0.717, 1.165) is 16.7 Å². The number of alkyl halides is 1. The molecule has 0 saturated carbocycles. The normalized spacial score (nSPS) is 9.94. The largest absolute Gasteiger partial charge is 0.461 e. The molecule has 0 bridgehead atoms. The predicted octanol–water partition coefficient (Wildman–Crippen LogP) is 2.71. The summed E-state index contributed by atoms with van der Waals surface area (Å²) >= 11 is 3.37. The molecule has 0 amide bonds. The number of rotatable bonds is 5. The molecule has 98 valence electrons. The van der Waals surface area contributed by atoms with Crippen LogP contribution < -0.4 is 0 Å². The molecule has 0 aromatic heterocycles. The lowest BCUT2D eigenvalue weighted by atomic mass is 10.1. The number of hydrogen-bond donors (Lipinski definition) is 0. The SMILES string of the molecule is CC(=O)OCc1cc(CBr)cc(COC(C)=O)c1. The minimum absolute atomic E-state index is 0.225. The Bertz CT molecular complexity index is 406. The molecule has 0 atom stereocenters. The summed E-state index contributed by atoms with van der Waals surface area (Å²) in [6.07, 6.45) is 0. The molecule has 0 aliphatic rings. The second-order valence-corrected chi connectivity index (χ2v) is 4.41. The zero-order chi connectivity index (χ0) is 13.5. The van der Waals surface area contributed by atoms with Gasteiger partial charge in [-0.1, -0.05) is 28.1 Å². The second kappa shape index (κ2) is 7.16. The van der Waals surface area contributed by atoms with E-state index in [2.05, 4.69) is 15.9 Å². The lowest BCUT2D eigenvalue weighted by Crippen LogP contribution is -2.03. The maximum Gasteiger partial charge on any atom is 0.302 e. The number of hydrogen-bond acceptors (Lipinski definition) is 4. The molecular weight excluding hydrogens is 300 g/mol. The number of carbonyl (C=O) groups is 2. The highest BCUT2D eigenvalue weighted by Gasteiger charge is 2.04. The smallest absolute Gasteiger partial charge is 0.302 e. The van der Waals surface area contributed by atoms with Crippen LogP contribution >= 0.6 is 15.9 Å². The van der Waals surface area contributed by atoms with E-state index in [1.165, 1.54) is 13.8 Å². The van der Waals surface area contributed by atoms with Crippen LogP contribution in [0.15, 0.2) is 18.2 Å². The molecule has 1 aromatic carbocycles. The van der Waals surface area contributed by atoms with E-state index in [0.29, 0.717) is 5.33 Å². The van der Waals surface area contributed by atoms with Crippen molar-refractivity contribution in [3.05, 3.63) is 34.9 Å². The van der Waals surface area contributed by atoms with Crippen LogP contribution in [0.1, 0.15) is 30.5 Å². The Morgan fingerprint density at radius 2 is 1.33 bits per heavy atom. The van der Waals surface area contributed by atoms with Crippen molar-refractivity contribution in [1.82, 2.24) is 0 Å². The second-order valence-electron chi connectivity index (χ2n) is 3.85. The fourth-order valence-electron chi connectivity index (χ4n) is 1.45. The van der Waals surface area contributed by atoms with Crippen LogP contribution in [-0.4, -0.2) is 11.9 Å². The first-order valence-corrected chi connectivity index (χ1v) is 6.58. The van der Waals surface area contributed by atoms with Gasteiger partial charge in [-0.05, 0) is 22.8 Å². The zero-order valence-corrected chi connectivity index (χ0v) is 12.0. The average molecular weight is 315 g/mol. The summed E-state index contributed by atoms with van der Waals surface area (Å²) in [4.78, 5) is 21.5. The number of halogens is 1. The first-order valence-electron chi connectivity index (χ1n) is 5.45. The fraction of sp³-hybridized carbons (Fsp3) is 0.385. The van der Waals surface area contributed by atoms with Crippen molar-refractivity contribution in [3.8, 4) is 0 Å². The van der Waals surface area contributed by atoms with Crippen LogP contribution in [0.25, 0.3) is 0 Å². The minimum Gasteiger partial charge on any atom is -0.461 e. The van der Waals surface area contributed by atoms with Gasteiger partial charge < -0.3 is 9.47 Å². The van der Waals surface area contributed by atoms with Crippen LogP contribution in [0.3, 0.4) is 0 Å². The Kier molecular flexibility index (Phi) is 5.85. The molecule has 1 rings (SSSR count). The number of ether oxygens (including phenoxy) is 2. The summed E-state index contributed by atoms with van der Waals surface area (Å²) in [5.74, 6) is -0.637. The van der Waals surface area contributed by atoms with E-state index in [9.17, 15) is 9.59 Å². The number of carbonyl (C=O) groups excluding carboxylic acids is 2. The van der Waals surface area contributed by atoms with Crippen molar-refractivity contribution >= 4 is 27.9 Å². The molecule has 0 radical (unpaired) electrons. The molecule has 4 nitrogen and oxygen atoms in total. The van der Waals surface area contributed by atoms with Gasteiger partial charge in [-0.2, -0.15) is 0 Å². The molecule has 0 heterocycles. The standard InChI is InChI=1S/C13H15BrO4/c1-9(15)17-7-12-3-11(6-14)4-13(5-12)8-18-10(2)16/h3-5H,6-8H2,1-2H3. The summed E-state index contributed by atoms with van der Waals surface area (Å²) in [6, 6.07) is 5.74. The number of benzene rings is 1. The van der Waals surface area contributed by atoms with E-state index in [1.54, 1.807) is 0 Å². The van der Waals surface area contributed by atoms with Crippen molar-refractivity contribution in [3.63, 3.8) is 0 Å². The van der Waals surface area contributed by atoms with Crippen LogP contribution in [-0.2, 0) is 37.6 Å². The van der Waals surface area contributed by atoms with Gasteiger partial charge in [0, 0.05) is 19.2 Å². The zero-order valence-electron chi connectivity index (χ0n) is 10.4. The third-order valence-corrected chi connectivity index (χ3v) is 2.80. The summed E-state index contributed by atoms with van der Waals surface area (Å²) in [5, 5.41) is 0.688. The lowest BCUT2D eigenvalue weighted by Gasteiger charge is -2.09. The van der Waals surface area contributed by atoms with Crippen molar-refractivity contribution in [2.24, 2.45) is 0 Å². The van der Waals surface area contributed by atoms with Crippen molar-refractivity contribution in [2.75, 3.05) is 0 Å². The summed E-state index contributed by atoms with van der Waals surface area (Å²) in [5.41, 5.74) is 2.80. The molecule has 0 aliphatic carbocycles. The Morgan fingerprint density at radius 3 is 1.67 bits per heavy atom. The van der Waals surface area contributed by atoms with Crippen LogP contribution in [0, 0.1) is 0 Å². The summed E-state index contributed by atoms with van der Waals surface area (Å²) < 4.78 is 9.89. The first kappa shape index (κ1) is 14.7. The van der Waals surface area contributed by atoms with Crippen molar-refractivity contribution < 1.29 is 19.1 Å². The molecule has 18 heavy (non-hydrogen) atoms. The van der Waals surface area contributed by atoms with Gasteiger partial charge >= 0.3 is 11.9 Å². The maximum absolute atomic E-state index is 10.8. The Labute approximate surface area is 114 Å². The monoisotopic (exact) mass is 314 g/mol. The van der Waals surface area contributed by atoms with E-state index < -0.39 is 0 Å². The Hall–Kier alpha value is -1.36. The van der Waals surface area contributed by atoms with Gasteiger partial charge in [0.05, 0.1) is 0 Å². The van der Waals surface area contributed by atoms with Gasteiger partial charge in [0.1, 0.15) is 13.2 Å². The third-order valence-electron chi connectivity index (χ3n) is 2.15. The van der Waals surface area contributed by atoms with E-state index in [4.69, 9.17) is 9.47 Å². The molecule has 0 fully saturated rings. The van der Waals surface area contributed by atoms with Gasteiger partial charge in [0.25, 0.3) is 0 Å². The molecule has 0 N–H and O–H groups in total. The Morgan fingerprint density at radius 1 is 0.944 bits per heavy atom. The van der Waals surface area contributed by atoms with Gasteiger partial charge in [-0.25, -0.2) is 0 Å². The highest BCUT2D eigenvalue weighted by Crippen LogP contribution is 2.15. The van der Waals surface area contributed by atoms with Crippen LogP contribution in [0.5, 0.6) is 0 Å². The average Bonchev–Trinajstić information content (AvgIpc) is 2.33.